The molecule has 1 heterocycles. The van der Waals surface area contributed by atoms with Crippen molar-refractivity contribution in [1.29, 1.82) is 0 Å². The Balaban J connectivity index is 1.81. The molecule has 2 N–H and O–H groups in total. The molecule has 1 aromatic rings. The number of aliphatic hydroxyl groups excluding tert-OH is 2. The van der Waals surface area contributed by atoms with E-state index in [1.54, 1.807) is 0 Å². The van der Waals surface area contributed by atoms with Gasteiger partial charge in [0, 0.05) is 13.5 Å². The number of carbonyl (C=O) groups is 2. The van der Waals surface area contributed by atoms with Crippen LogP contribution in [0.15, 0.2) is 30.3 Å². The summed E-state index contributed by atoms with van der Waals surface area (Å²) in [6, 6.07) is 8.53. The summed E-state index contributed by atoms with van der Waals surface area (Å²) >= 11 is 0. The molecule has 2 rings (SSSR count). The first kappa shape index (κ1) is 18.4. The lowest BCUT2D eigenvalue weighted by molar-refractivity contribution is -0.177. The van der Waals surface area contributed by atoms with Gasteiger partial charge in [-0.3, -0.25) is 4.79 Å². The topological polar surface area (TPSA) is 96.3 Å². The van der Waals surface area contributed by atoms with Crippen molar-refractivity contribution in [1.82, 2.24) is 4.90 Å². The van der Waals surface area contributed by atoms with Crippen LogP contribution in [0.2, 0.25) is 0 Å². The van der Waals surface area contributed by atoms with E-state index >= 15 is 0 Å². The first-order valence-corrected chi connectivity index (χ1v) is 7.85. The van der Waals surface area contributed by atoms with Crippen molar-refractivity contribution in [3.63, 3.8) is 0 Å². The Hall–Kier alpha value is -1.96. The van der Waals surface area contributed by atoms with E-state index in [1.165, 1.54) is 18.9 Å². The van der Waals surface area contributed by atoms with Crippen LogP contribution in [0.25, 0.3) is 0 Å². The van der Waals surface area contributed by atoms with Crippen molar-refractivity contribution in [2.75, 3.05) is 13.7 Å². The molecule has 1 saturated heterocycles. The summed E-state index contributed by atoms with van der Waals surface area (Å²) in [5.41, 5.74) is 0.953. The normalized spacial score (nSPS) is 23.8. The van der Waals surface area contributed by atoms with Gasteiger partial charge in [-0.15, -0.1) is 0 Å². The fourth-order valence-electron chi connectivity index (χ4n) is 2.52. The van der Waals surface area contributed by atoms with Crippen molar-refractivity contribution in [2.45, 2.75) is 44.3 Å². The molecule has 1 aliphatic rings. The van der Waals surface area contributed by atoms with Crippen LogP contribution < -0.4 is 0 Å². The van der Waals surface area contributed by atoms with Gasteiger partial charge < -0.3 is 24.6 Å². The molecular weight excluding hydrogens is 314 g/mol. The number of benzene rings is 1. The van der Waals surface area contributed by atoms with Gasteiger partial charge in [-0.1, -0.05) is 30.3 Å². The van der Waals surface area contributed by atoms with Gasteiger partial charge in [0.25, 0.3) is 5.91 Å². The van der Waals surface area contributed by atoms with Crippen molar-refractivity contribution in [2.24, 2.45) is 0 Å². The van der Waals surface area contributed by atoms with E-state index in [2.05, 4.69) is 0 Å². The Bertz CT molecular complexity index is 563. The van der Waals surface area contributed by atoms with Crippen LogP contribution in [-0.4, -0.2) is 65.0 Å². The van der Waals surface area contributed by atoms with Crippen LogP contribution in [0.1, 0.15) is 18.9 Å². The van der Waals surface area contributed by atoms with E-state index in [9.17, 15) is 19.8 Å². The number of cyclic esters (lactones) is 1. The molecule has 1 fully saturated rings. The standard InChI is InChI=1S/C17H23NO6/c1-11-16(21)18(2)13(17(22)24-11)8-14(19)15(20)10-23-9-12-6-4-3-5-7-12/h3-7,11,13-15,19-20H,8-10H2,1-2H3/t11-,13+,14+,15-/m1/s1. The van der Waals surface area contributed by atoms with E-state index < -0.39 is 30.3 Å². The Morgan fingerprint density at radius 1 is 1.21 bits per heavy atom. The number of nitrogens with zero attached hydrogens (tertiary/aromatic N) is 1. The number of hydrogen-bond acceptors (Lipinski definition) is 6. The van der Waals surface area contributed by atoms with E-state index in [0.717, 1.165) is 5.56 Å². The molecule has 0 saturated carbocycles. The van der Waals surface area contributed by atoms with Crippen LogP contribution in [0.4, 0.5) is 0 Å². The molecule has 0 unspecified atom stereocenters. The van der Waals surface area contributed by atoms with Crippen LogP contribution >= 0.6 is 0 Å². The molecule has 0 spiro atoms. The van der Waals surface area contributed by atoms with Crippen molar-refractivity contribution in [3.8, 4) is 0 Å². The van der Waals surface area contributed by atoms with Crippen LogP contribution in [-0.2, 0) is 25.7 Å². The summed E-state index contributed by atoms with van der Waals surface area (Å²) in [5.74, 6) is -0.914. The zero-order chi connectivity index (χ0) is 17.7. The molecule has 24 heavy (non-hydrogen) atoms. The van der Waals surface area contributed by atoms with Gasteiger partial charge >= 0.3 is 5.97 Å². The molecule has 1 amide bonds. The second-order valence-electron chi connectivity index (χ2n) is 5.92. The lowest BCUT2D eigenvalue weighted by atomic mass is 10.0. The number of aliphatic hydroxyl groups is 2. The molecule has 7 heteroatoms. The maximum atomic E-state index is 11.9. The second-order valence-corrected chi connectivity index (χ2v) is 5.92. The van der Waals surface area contributed by atoms with Gasteiger partial charge in [0.15, 0.2) is 6.10 Å². The lowest BCUT2D eigenvalue weighted by Crippen LogP contribution is -2.55. The first-order chi connectivity index (χ1) is 11.4. The minimum absolute atomic E-state index is 0.0775. The van der Waals surface area contributed by atoms with Gasteiger partial charge in [0.05, 0.1) is 19.3 Å². The molecule has 1 aliphatic heterocycles. The summed E-state index contributed by atoms with van der Waals surface area (Å²) in [4.78, 5) is 25.0. The predicted molar refractivity (Wildman–Crippen MR) is 84.8 cm³/mol. The Kier molecular flexibility index (Phi) is 6.30. The lowest BCUT2D eigenvalue weighted by Gasteiger charge is -2.35. The third-order valence-electron chi connectivity index (χ3n) is 4.04. The summed E-state index contributed by atoms with van der Waals surface area (Å²) < 4.78 is 10.3. The average molecular weight is 337 g/mol. The number of morpholine rings is 1. The van der Waals surface area contributed by atoms with Gasteiger partial charge in [-0.05, 0) is 12.5 Å². The summed E-state index contributed by atoms with van der Waals surface area (Å²) in [6.45, 7) is 1.73. The zero-order valence-corrected chi connectivity index (χ0v) is 13.8. The number of rotatable bonds is 7. The SMILES string of the molecule is C[C@H]1OC(=O)[C@H](C[C@H](O)[C@H](O)COCc2ccccc2)N(C)C1=O. The average Bonchev–Trinajstić information content (AvgIpc) is 2.57. The molecule has 0 radical (unpaired) electrons. The number of carbonyl (C=O) groups excluding carboxylic acids is 2. The molecule has 0 bridgehead atoms. The summed E-state index contributed by atoms with van der Waals surface area (Å²) in [7, 11) is 1.48. The minimum Gasteiger partial charge on any atom is -0.451 e. The monoisotopic (exact) mass is 337 g/mol. The van der Waals surface area contributed by atoms with E-state index in [1.807, 2.05) is 30.3 Å². The van der Waals surface area contributed by atoms with E-state index in [-0.39, 0.29) is 18.9 Å². The quantitative estimate of drug-likeness (QED) is 0.685. The summed E-state index contributed by atoms with van der Waals surface area (Å²) in [5, 5.41) is 20.1. The van der Waals surface area contributed by atoms with Gasteiger partial charge in [0.2, 0.25) is 0 Å². The molecule has 0 aromatic heterocycles. The van der Waals surface area contributed by atoms with E-state index in [0.29, 0.717) is 6.61 Å². The predicted octanol–water partition coefficient (Wildman–Crippen LogP) is 0.0874. The number of likely N-dealkylation sites (N-methyl/N-ethyl adjacent to an activating group) is 1. The fourth-order valence-corrected chi connectivity index (χ4v) is 2.52. The zero-order valence-electron chi connectivity index (χ0n) is 13.8. The van der Waals surface area contributed by atoms with Gasteiger partial charge in [-0.2, -0.15) is 0 Å². The molecule has 4 atom stereocenters. The Morgan fingerprint density at radius 2 is 1.88 bits per heavy atom. The highest BCUT2D eigenvalue weighted by Crippen LogP contribution is 2.18. The minimum atomic E-state index is -1.21. The fraction of sp³-hybridized carbons (Fsp3) is 0.529. The third-order valence-corrected chi connectivity index (χ3v) is 4.04. The largest absolute Gasteiger partial charge is 0.451 e. The second kappa shape index (κ2) is 8.23. The number of amides is 1. The van der Waals surface area contributed by atoms with Crippen LogP contribution in [0.3, 0.4) is 0 Å². The maximum absolute atomic E-state index is 11.9. The molecule has 132 valence electrons. The number of esters is 1. The smallest absolute Gasteiger partial charge is 0.329 e. The summed E-state index contributed by atoms with van der Waals surface area (Å²) in [6.07, 6.45) is -3.30. The van der Waals surface area contributed by atoms with Crippen molar-refractivity contribution < 1.29 is 29.3 Å². The van der Waals surface area contributed by atoms with E-state index in [4.69, 9.17) is 9.47 Å². The van der Waals surface area contributed by atoms with Crippen LogP contribution in [0, 0.1) is 0 Å². The number of ether oxygens (including phenoxy) is 2. The molecule has 7 nitrogen and oxygen atoms in total. The number of hydrogen-bond donors (Lipinski definition) is 2. The Labute approximate surface area is 140 Å². The first-order valence-electron chi connectivity index (χ1n) is 7.85. The molecular formula is C17H23NO6. The third kappa shape index (κ3) is 4.53. The highest BCUT2D eigenvalue weighted by atomic mass is 16.6. The van der Waals surface area contributed by atoms with Crippen molar-refractivity contribution >= 4 is 11.9 Å². The molecule has 0 aliphatic carbocycles. The van der Waals surface area contributed by atoms with Crippen molar-refractivity contribution in [3.05, 3.63) is 35.9 Å². The highest BCUT2D eigenvalue weighted by molar-refractivity contribution is 5.92. The Morgan fingerprint density at radius 3 is 2.54 bits per heavy atom. The van der Waals surface area contributed by atoms with Gasteiger partial charge in [0.1, 0.15) is 12.1 Å². The molecule has 1 aromatic carbocycles. The maximum Gasteiger partial charge on any atom is 0.329 e. The highest BCUT2D eigenvalue weighted by Gasteiger charge is 2.40. The van der Waals surface area contributed by atoms with Crippen LogP contribution in [0.5, 0.6) is 0 Å². The van der Waals surface area contributed by atoms with Gasteiger partial charge in [-0.25, -0.2) is 4.79 Å².